The molecule has 0 saturated heterocycles. The van der Waals surface area contributed by atoms with Gasteiger partial charge in [-0.05, 0) is 50.1 Å². The Labute approximate surface area is 124 Å². The van der Waals surface area contributed by atoms with Crippen molar-refractivity contribution in [2.75, 3.05) is 0 Å². The van der Waals surface area contributed by atoms with Crippen molar-refractivity contribution in [3.8, 4) is 17.1 Å². The maximum Gasteiger partial charge on any atom is 0.144 e. The SMILES string of the molecule is CCCn1c(-c2cc(C)ccc2O)nc2cc(C)ccc21. The summed E-state index contributed by atoms with van der Waals surface area (Å²) in [6.07, 6.45) is 1.03. The van der Waals surface area contributed by atoms with E-state index in [0.29, 0.717) is 0 Å². The van der Waals surface area contributed by atoms with E-state index in [1.807, 2.05) is 19.1 Å². The van der Waals surface area contributed by atoms with Crippen LogP contribution in [-0.4, -0.2) is 14.7 Å². The monoisotopic (exact) mass is 280 g/mol. The standard InChI is InChI=1S/C18H20N2O/c1-4-9-20-16-7-5-13(3)11-15(16)19-18(20)14-10-12(2)6-8-17(14)21/h5-8,10-11,21H,4,9H2,1-3H3. The fourth-order valence-electron chi connectivity index (χ4n) is 2.72. The molecular formula is C18H20N2O. The van der Waals surface area contributed by atoms with Crippen molar-refractivity contribution in [3.05, 3.63) is 47.5 Å². The highest BCUT2D eigenvalue weighted by Crippen LogP contribution is 2.32. The first-order chi connectivity index (χ1) is 10.1. The first-order valence-corrected chi connectivity index (χ1v) is 7.37. The first kappa shape index (κ1) is 13.7. The normalized spacial score (nSPS) is 11.2. The van der Waals surface area contributed by atoms with Crippen molar-refractivity contribution in [2.45, 2.75) is 33.7 Å². The zero-order valence-corrected chi connectivity index (χ0v) is 12.7. The molecule has 0 atom stereocenters. The number of rotatable bonds is 3. The number of hydrogen-bond donors (Lipinski definition) is 1. The van der Waals surface area contributed by atoms with Crippen LogP contribution in [0.4, 0.5) is 0 Å². The minimum Gasteiger partial charge on any atom is -0.507 e. The van der Waals surface area contributed by atoms with Crippen molar-refractivity contribution in [1.82, 2.24) is 9.55 Å². The summed E-state index contributed by atoms with van der Waals surface area (Å²) in [4.78, 5) is 4.77. The summed E-state index contributed by atoms with van der Waals surface area (Å²) in [5.74, 6) is 1.13. The predicted molar refractivity (Wildman–Crippen MR) is 86.6 cm³/mol. The van der Waals surface area contributed by atoms with Gasteiger partial charge in [0.25, 0.3) is 0 Å². The average molecular weight is 280 g/mol. The van der Waals surface area contributed by atoms with Gasteiger partial charge in [0.15, 0.2) is 0 Å². The van der Waals surface area contributed by atoms with E-state index in [1.54, 1.807) is 6.07 Å². The van der Waals surface area contributed by atoms with Crippen molar-refractivity contribution < 1.29 is 5.11 Å². The maximum absolute atomic E-state index is 10.2. The Balaban J connectivity index is 2.30. The van der Waals surface area contributed by atoms with Gasteiger partial charge in [0.1, 0.15) is 11.6 Å². The van der Waals surface area contributed by atoms with E-state index in [2.05, 4.69) is 36.6 Å². The van der Waals surface area contributed by atoms with E-state index in [9.17, 15) is 5.11 Å². The van der Waals surface area contributed by atoms with Gasteiger partial charge in [-0.2, -0.15) is 0 Å². The van der Waals surface area contributed by atoms with Crippen molar-refractivity contribution in [3.63, 3.8) is 0 Å². The summed E-state index contributed by atoms with van der Waals surface area (Å²) in [5.41, 5.74) is 5.23. The average Bonchev–Trinajstić information content (AvgIpc) is 2.80. The van der Waals surface area contributed by atoms with E-state index in [-0.39, 0.29) is 5.75 Å². The van der Waals surface area contributed by atoms with Crippen LogP contribution in [-0.2, 0) is 6.54 Å². The van der Waals surface area contributed by atoms with E-state index in [0.717, 1.165) is 41.0 Å². The van der Waals surface area contributed by atoms with Crippen LogP contribution < -0.4 is 0 Å². The Hall–Kier alpha value is -2.29. The molecule has 108 valence electrons. The third-order valence-corrected chi connectivity index (χ3v) is 3.74. The van der Waals surface area contributed by atoms with Gasteiger partial charge in [-0.15, -0.1) is 0 Å². The number of phenols is 1. The summed E-state index contributed by atoms with van der Waals surface area (Å²) in [5, 5.41) is 10.2. The highest BCUT2D eigenvalue weighted by Gasteiger charge is 2.15. The lowest BCUT2D eigenvalue weighted by Gasteiger charge is -2.10. The van der Waals surface area contributed by atoms with Crippen LogP contribution in [0.1, 0.15) is 24.5 Å². The Bertz CT molecular complexity index is 802. The lowest BCUT2D eigenvalue weighted by Crippen LogP contribution is -2.00. The third kappa shape index (κ3) is 2.40. The highest BCUT2D eigenvalue weighted by molar-refractivity contribution is 5.82. The zero-order chi connectivity index (χ0) is 15.0. The van der Waals surface area contributed by atoms with Crippen molar-refractivity contribution >= 4 is 11.0 Å². The molecule has 0 bridgehead atoms. The van der Waals surface area contributed by atoms with Gasteiger partial charge in [-0.1, -0.05) is 24.6 Å². The first-order valence-electron chi connectivity index (χ1n) is 7.37. The molecule has 21 heavy (non-hydrogen) atoms. The Morgan fingerprint density at radius 3 is 2.52 bits per heavy atom. The number of benzene rings is 2. The fraction of sp³-hybridized carbons (Fsp3) is 0.278. The summed E-state index contributed by atoms with van der Waals surface area (Å²) in [6.45, 7) is 7.14. The smallest absolute Gasteiger partial charge is 0.144 e. The molecule has 3 nitrogen and oxygen atoms in total. The third-order valence-electron chi connectivity index (χ3n) is 3.74. The summed E-state index contributed by atoms with van der Waals surface area (Å²) < 4.78 is 2.20. The van der Waals surface area contributed by atoms with E-state index >= 15 is 0 Å². The molecule has 0 radical (unpaired) electrons. The minimum atomic E-state index is 0.282. The minimum absolute atomic E-state index is 0.282. The van der Waals surface area contributed by atoms with Crippen LogP contribution >= 0.6 is 0 Å². The number of aromatic nitrogens is 2. The van der Waals surface area contributed by atoms with E-state index < -0.39 is 0 Å². The molecule has 0 unspecified atom stereocenters. The van der Waals surface area contributed by atoms with Crippen LogP contribution in [0.3, 0.4) is 0 Å². The molecule has 1 aromatic heterocycles. The topological polar surface area (TPSA) is 38.0 Å². The van der Waals surface area contributed by atoms with Gasteiger partial charge in [-0.25, -0.2) is 4.98 Å². The predicted octanol–water partition coefficient (Wildman–Crippen LogP) is 4.44. The summed E-state index contributed by atoms with van der Waals surface area (Å²) in [6, 6.07) is 12.0. The number of phenolic OH excluding ortho intramolecular Hbond substituents is 1. The molecule has 0 amide bonds. The van der Waals surface area contributed by atoms with Gasteiger partial charge in [0.05, 0.1) is 16.6 Å². The molecule has 0 fully saturated rings. The second-order valence-electron chi connectivity index (χ2n) is 5.60. The lowest BCUT2D eigenvalue weighted by atomic mass is 10.1. The highest BCUT2D eigenvalue weighted by atomic mass is 16.3. The second-order valence-corrected chi connectivity index (χ2v) is 5.60. The van der Waals surface area contributed by atoms with Crippen molar-refractivity contribution in [2.24, 2.45) is 0 Å². The fourth-order valence-corrected chi connectivity index (χ4v) is 2.72. The molecule has 0 aliphatic carbocycles. The van der Waals surface area contributed by atoms with Crippen LogP contribution in [0.25, 0.3) is 22.4 Å². The van der Waals surface area contributed by atoms with E-state index in [4.69, 9.17) is 4.98 Å². The van der Waals surface area contributed by atoms with Gasteiger partial charge in [0, 0.05) is 6.54 Å². The van der Waals surface area contributed by atoms with Crippen LogP contribution in [0.2, 0.25) is 0 Å². The molecular weight excluding hydrogens is 260 g/mol. The number of hydrogen-bond acceptors (Lipinski definition) is 2. The van der Waals surface area contributed by atoms with Crippen LogP contribution in [0.15, 0.2) is 36.4 Å². The number of nitrogens with zero attached hydrogens (tertiary/aromatic N) is 2. The summed E-state index contributed by atoms with van der Waals surface area (Å²) in [7, 11) is 0. The van der Waals surface area contributed by atoms with E-state index in [1.165, 1.54) is 5.56 Å². The molecule has 1 N–H and O–H groups in total. The Morgan fingerprint density at radius 1 is 1.05 bits per heavy atom. The molecule has 3 rings (SSSR count). The number of aromatic hydroxyl groups is 1. The molecule has 0 spiro atoms. The quantitative estimate of drug-likeness (QED) is 0.770. The molecule has 1 heterocycles. The second kappa shape index (κ2) is 5.24. The van der Waals surface area contributed by atoms with Crippen LogP contribution in [0.5, 0.6) is 5.75 Å². The maximum atomic E-state index is 10.2. The number of fused-ring (bicyclic) bond motifs is 1. The van der Waals surface area contributed by atoms with Gasteiger partial charge in [0.2, 0.25) is 0 Å². The van der Waals surface area contributed by atoms with Crippen LogP contribution in [0, 0.1) is 13.8 Å². The molecule has 0 saturated carbocycles. The lowest BCUT2D eigenvalue weighted by molar-refractivity contribution is 0.476. The Morgan fingerprint density at radius 2 is 1.76 bits per heavy atom. The molecule has 2 aromatic carbocycles. The Kier molecular flexibility index (Phi) is 3.42. The largest absolute Gasteiger partial charge is 0.507 e. The number of imidazole rings is 1. The van der Waals surface area contributed by atoms with Gasteiger partial charge >= 0.3 is 0 Å². The zero-order valence-electron chi connectivity index (χ0n) is 12.7. The van der Waals surface area contributed by atoms with Gasteiger partial charge in [-0.3, -0.25) is 0 Å². The van der Waals surface area contributed by atoms with Crippen molar-refractivity contribution in [1.29, 1.82) is 0 Å². The summed E-state index contributed by atoms with van der Waals surface area (Å²) >= 11 is 0. The molecule has 0 aliphatic heterocycles. The molecule has 3 aromatic rings. The van der Waals surface area contributed by atoms with Gasteiger partial charge < -0.3 is 9.67 Å². The molecule has 0 aliphatic rings. The number of aryl methyl sites for hydroxylation is 3. The molecule has 3 heteroatoms.